The number of amides is 2. The van der Waals surface area contributed by atoms with Crippen LogP contribution in [0.5, 0.6) is 0 Å². The molecule has 0 spiro atoms. The molecule has 196 valence electrons. The molecule has 1 fully saturated rings. The summed E-state index contributed by atoms with van der Waals surface area (Å²) in [6.07, 6.45) is 3.09. The number of nitrogens with zero attached hydrogens (tertiary/aromatic N) is 8. The van der Waals surface area contributed by atoms with E-state index < -0.39 is 0 Å². The number of anilines is 2. The minimum absolute atomic E-state index is 0.128. The third-order valence-electron chi connectivity index (χ3n) is 6.62. The van der Waals surface area contributed by atoms with Crippen LogP contribution in [0.3, 0.4) is 0 Å². The zero-order chi connectivity index (χ0) is 26.8. The first-order valence-electron chi connectivity index (χ1n) is 12.7. The van der Waals surface area contributed by atoms with E-state index in [0.717, 1.165) is 16.8 Å². The normalized spacial score (nSPS) is 13.6. The third kappa shape index (κ3) is 5.37. The van der Waals surface area contributed by atoms with Crippen molar-refractivity contribution in [1.82, 2.24) is 34.6 Å². The largest absolute Gasteiger partial charge is 0.351 e. The lowest BCUT2D eigenvalue weighted by atomic mass is 10.1. The summed E-state index contributed by atoms with van der Waals surface area (Å²) in [5, 5.41) is 7.17. The first-order chi connectivity index (χ1) is 19.0. The fourth-order valence-corrected chi connectivity index (χ4v) is 4.62. The van der Waals surface area contributed by atoms with Crippen molar-refractivity contribution < 1.29 is 9.18 Å². The van der Waals surface area contributed by atoms with Crippen LogP contribution in [0.1, 0.15) is 11.4 Å². The van der Waals surface area contributed by atoms with Crippen LogP contribution in [-0.2, 0) is 6.54 Å². The Labute approximate surface area is 224 Å². The maximum Gasteiger partial charge on any atom is 0.321 e. The molecule has 1 aliphatic rings. The molecular weight excluding hydrogens is 497 g/mol. The number of hydrogen-bond acceptors (Lipinski definition) is 7. The SMILES string of the molecule is Cc1cccc(NC(=O)N2CCN(c3nc(Cn4cncn4)nc4ccc(-c5ccc(F)cc5)nc34)CC2)c1. The summed E-state index contributed by atoms with van der Waals surface area (Å²) in [6.45, 7) is 4.57. The van der Waals surface area contributed by atoms with Gasteiger partial charge in [-0.15, -0.1) is 0 Å². The predicted molar refractivity (Wildman–Crippen MR) is 146 cm³/mol. The number of hydrogen-bond donors (Lipinski definition) is 1. The highest BCUT2D eigenvalue weighted by Gasteiger charge is 2.25. The molecule has 0 bridgehead atoms. The van der Waals surface area contributed by atoms with Gasteiger partial charge in [0.05, 0.1) is 11.2 Å². The molecule has 0 saturated carbocycles. The molecule has 11 heteroatoms. The van der Waals surface area contributed by atoms with Gasteiger partial charge in [-0.3, -0.25) is 0 Å². The highest BCUT2D eigenvalue weighted by Crippen LogP contribution is 2.27. The van der Waals surface area contributed by atoms with Crippen LogP contribution in [0, 0.1) is 12.7 Å². The van der Waals surface area contributed by atoms with E-state index in [2.05, 4.69) is 20.3 Å². The Kier molecular flexibility index (Phi) is 6.54. The average Bonchev–Trinajstić information content (AvgIpc) is 3.46. The summed E-state index contributed by atoms with van der Waals surface area (Å²) in [5.74, 6) is 0.974. The molecule has 0 radical (unpaired) electrons. The molecule has 1 aliphatic heterocycles. The van der Waals surface area contributed by atoms with Gasteiger partial charge in [0.1, 0.15) is 30.5 Å². The minimum Gasteiger partial charge on any atom is -0.351 e. The number of aryl methyl sites for hydroxylation is 1. The van der Waals surface area contributed by atoms with Crippen molar-refractivity contribution in [1.29, 1.82) is 0 Å². The topological polar surface area (TPSA) is 105 Å². The van der Waals surface area contributed by atoms with Gasteiger partial charge in [0.15, 0.2) is 11.6 Å². The van der Waals surface area contributed by atoms with Crippen molar-refractivity contribution in [3.63, 3.8) is 0 Å². The van der Waals surface area contributed by atoms with Crippen molar-refractivity contribution in [2.75, 3.05) is 36.4 Å². The van der Waals surface area contributed by atoms with Gasteiger partial charge in [-0.2, -0.15) is 5.10 Å². The Balaban J connectivity index is 1.28. The fourth-order valence-electron chi connectivity index (χ4n) is 4.62. The number of aromatic nitrogens is 6. The van der Waals surface area contributed by atoms with E-state index in [1.165, 1.54) is 18.5 Å². The fraction of sp³-hybridized carbons (Fsp3) is 0.214. The van der Waals surface area contributed by atoms with Crippen LogP contribution in [0.2, 0.25) is 0 Å². The van der Waals surface area contributed by atoms with E-state index in [-0.39, 0.29) is 11.8 Å². The molecular formula is C28H26FN9O. The van der Waals surface area contributed by atoms with Crippen molar-refractivity contribution in [2.24, 2.45) is 0 Å². The highest BCUT2D eigenvalue weighted by molar-refractivity contribution is 5.90. The molecule has 39 heavy (non-hydrogen) atoms. The van der Waals surface area contributed by atoms with Crippen LogP contribution in [0.25, 0.3) is 22.3 Å². The number of rotatable bonds is 5. The van der Waals surface area contributed by atoms with E-state index in [4.69, 9.17) is 15.0 Å². The number of urea groups is 1. The first-order valence-corrected chi connectivity index (χ1v) is 12.7. The number of piperazine rings is 1. The van der Waals surface area contributed by atoms with E-state index in [1.807, 2.05) is 43.3 Å². The number of pyridine rings is 1. The molecule has 1 saturated heterocycles. The van der Waals surface area contributed by atoms with E-state index in [0.29, 0.717) is 61.1 Å². The Morgan fingerprint density at radius 3 is 2.54 bits per heavy atom. The lowest BCUT2D eigenvalue weighted by Gasteiger charge is -2.35. The summed E-state index contributed by atoms with van der Waals surface area (Å²) in [7, 11) is 0. The summed E-state index contributed by atoms with van der Waals surface area (Å²) in [6, 6.07) is 17.6. The highest BCUT2D eigenvalue weighted by atomic mass is 19.1. The maximum atomic E-state index is 13.5. The number of nitrogens with one attached hydrogen (secondary N) is 1. The molecule has 5 aromatic rings. The smallest absolute Gasteiger partial charge is 0.321 e. The van der Waals surface area contributed by atoms with Crippen molar-refractivity contribution in [3.8, 4) is 11.3 Å². The molecule has 2 amide bonds. The summed E-state index contributed by atoms with van der Waals surface area (Å²) >= 11 is 0. The Morgan fingerprint density at radius 1 is 0.974 bits per heavy atom. The van der Waals surface area contributed by atoms with Gasteiger partial charge in [-0.25, -0.2) is 33.8 Å². The monoisotopic (exact) mass is 523 g/mol. The van der Waals surface area contributed by atoms with E-state index in [9.17, 15) is 9.18 Å². The van der Waals surface area contributed by atoms with E-state index >= 15 is 0 Å². The van der Waals surface area contributed by atoms with Gasteiger partial charge >= 0.3 is 6.03 Å². The number of carbonyl (C=O) groups is 1. The summed E-state index contributed by atoms with van der Waals surface area (Å²) in [4.78, 5) is 35.3. The molecule has 1 N–H and O–H groups in total. The second kappa shape index (κ2) is 10.4. The van der Waals surface area contributed by atoms with Crippen LogP contribution >= 0.6 is 0 Å². The van der Waals surface area contributed by atoms with Gasteiger partial charge < -0.3 is 15.1 Å². The maximum absolute atomic E-state index is 13.5. The lowest BCUT2D eigenvalue weighted by molar-refractivity contribution is 0.208. The molecule has 10 nitrogen and oxygen atoms in total. The molecule has 6 rings (SSSR count). The van der Waals surface area contributed by atoms with Crippen LogP contribution in [0.15, 0.2) is 73.3 Å². The van der Waals surface area contributed by atoms with E-state index in [1.54, 1.807) is 28.0 Å². The van der Waals surface area contributed by atoms with Gasteiger partial charge in [0.25, 0.3) is 0 Å². The van der Waals surface area contributed by atoms with Crippen molar-refractivity contribution >= 4 is 28.6 Å². The van der Waals surface area contributed by atoms with Gasteiger partial charge in [0.2, 0.25) is 0 Å². The minimum atomic E-state index is -0.300. The number of carbonyl (C=O) groups excluding carboxylic acids is 1. The number of benzene rings is 2. The molecule has 0 unspecified atom stereocenters. The standard InChI is InChI=1S/C28H26FN9O/c1-19-3-2-4-22(15-19)32-28(39)37-13-11-36(12-14-37)27-26-24(33-25(35-27)16-38-18-30-17-31-38)10-9-23(34-26)20-5-7-21(29)8-6-20/h2-10,15,17-18H,11-14,16H2,1H3,(H,32,39). The molecule has 0 aliphatic carbocycles. The molecule has 4 heterocycles. The molecule has 3 aromatic heterocycles. The van der Waals surface area contributed by atoms with Crippen LogP contribution in [-0.4, -0.2) is 66.8 Å². The number of fused-ring (bicyclic) bond motifs is 1. The van der Waals surface area contributed by atoms with Gasteiger partial charge in [0, 0.05) is 37.4 Å². The van der Waals surface area contributed by atoms with Gasteiger partial charge in [-0.1, -0.05) is 12.1 Å². The Bertz CT molecular complexity index is 1610. The Hall–Kier alpha value is -4.93. The lowest BCUT2D eigenvalue weighted by Crippen LogP contribution is -2.50. The third-order valence-corrected chi connectivity index (χ3v) is 6.62. The van der Waals surface area contributed by atoms with Crippen LogP contribution in [0.4, 0.5) is 20.7 Å². The Morgan fingerprint density at radius 2 is 1.79 bits per heavy atom. The average molecular weight is 524 g/mol. The zero-order valence-electron chi connectivity index (χ0n) is 21.3. The van der Waals surface area contributed by atoms with Crippen molar-refractivity contribution in [3.05, 3.63) is 90.5 Å². The predicted octanol–water partition coefficient (Wildman–Crippen LogP) is 4.13. The zero-order valence-corrected chi connectivity index (χ0v) is 21.3. The first kappa shape index (κ1) is 24.4. The molecule has 0 atom stereocenters. The number of halogens is 1. The van der Waals surface area contributed by atoms with Crippen molar-refractivity contribution in [2.45, 2.75) is 13.5 Å². The molecule has 2 aromatic carbocycles. The summed E-state index contributed by atoms with van der Waals surface area (Å²) in [5.41, 5.74) is 4.71. The van der Waals surface area contributed by atoms with Crippen LogP contribution < -0.4 is 10.2 Å². The van der Waals surface area contributed by atoms with Gasteiger partial charge in [-0.05, 0) is 61.0 Å². The summed E-state index contributed by atoms with van der Waals surface area (Å²) < 4.78 is 15.2. The second-order valence-electron chi connectivity index (χ2n) is 9.40. The quantitative estimate of drug-likeness (QED) is 0.369. The second-order valence-corrected chi connectivity index (χ2v) is 9.40.